The normalized spacial score (nSPS) is 10.2. The first kappa shape index (κ1) is 18.3. The second-order valence-electron chi connectivity index (χ2n) is 5.12. The minimum absolute atomic E-state index is 0.171. The van der Waals surface area contributed by atoms with Gasteiger partial charge in [0.15, 0.2) is 6.61 Å². The largest absolute Gasteiger partial charge is 0.482 e. The maximum atomic E-state index is 12.0. The molecule has 2 rings (SSSR count). The van der Waals surface area contributed by atoms with Gasteiger partial charge in [0.2, 0.25) is 5.91 Å². The molecule has 2 aromatic carbocycles. The molecule has 0 aliphatic heterocycles. The molecule has 0 fully saturated rings. The van der Waals surface area contributed by atoms with Gasteiger partial charge in [-0.3, -0.25) is 9.59 Å². The first-order chi connectivity index (χ1) is 11.3. The van der Waals surface area contributed by atoms with Crippen molar-refractivity contribution in [3.8, 4) is 5.75 Å². The van der Waals surface area contributed by atoms with Crippen LogP contribution in [0.1, 0.15) is 12.5 Å². The molecule has 0 saturated heterocycles. The van der Waals surface area contributed by atoms with Gasteiger partial charge in [-0.05, 0) is 42.8 Å². The highest BCUT2D eigenvalue weighted by molar-refractivity contribution is 9.10. The molecule has 0 aliphatic rings. The number of amides is 2. The number of rotatable bonds is 5. The van der Waals surface area contributed by atoms with Gasteiger partial charge in [-0.1, -0.05) is 33.6 Å². The summed E-state index contributed by atoms with van der Waals surface area (Å²) < 4.78 is 6.24. The summed E-state index contributed by atoms with van der Waals surface area (Å²) in [6.45, 7) is 3.13. The smallest absolute Gasteiger partial charge is 0.262 e. The van der Waals surface area contributed by atoms with Crippen molar-refractivity contribution < 1.29 is 14.3 Å². The van der Waals surface area contributed by atoms with Gasteiger partial charge in [-0.15, -0.1) is 0 Å². The topological polar surface area (TPSA) is 67.4 Å². The molecule has 0 atom stereocenters. The molecule has 0 aliphatic carbocycles. The molecule has 0 saturated carbocycles. The molecule has 0 heterocycles. The highest BCUT2D eigenvalue weighted by Gasteiger charge is 2.08. The number of halogens is 2. The molecule has 24 heavy (non-hydrogen) atoms. The molecule has 7 heteroatoms. The van der Waals surface area contributed by atoms with Crippen molar-refractivity contribution in [1.29, 1.82) is 0 Å². The Bertz CT molecular complexity index is 780. The van der Waals surface area contributed by atoms with Crippen LogP contribution < -0.4 is 15.4 Å². The quantitative estimate of drug-likeness (QED) is 0.767. The van der Waals surface area contributed by atoms with Crippen molar-refractivity contribution in [1.82, 2.24) is 0 Å². The summed E-state index contributed by atoms with van der Waals surface area (Å²) in [6.07, 6.45) is 0. The summed E-state index contributed by atoms with van der Waals surface area (Å²) in [5.41, 5.74) is 2.12. The number of nitrogens with one attached hydrogen (secondary N) is 2. The third-order valence-corrected chi connectivity index (χ3v) is 3.87. The molecule has 0 spiro atoms. The summed E-state index contributed by atoms with van der Waals surface area (Å²) in [5, 5.41) is 5.85. The molecule has 0 aromatic heterocycles. The predicted molar refractivity (Wildman–Crippen MR) is 98.8 cm³/mol. The van der Waals surface area contributed by atoms with Crippen molar-refractivity contribution in [2.45, 2.75) is 13.8 Å². The van der Waals surface area contributed by atoms with Gasteiger partial charge < -0.3 is 15.4 Å². The minimum Gasteiger partial charge on any atom is -0.482 e. The van der Waals surface area contributed by atoms with E-state index in [1.165, 1.54) is 6.92 Å². The van der Waals surface area contributed by atoms with Crippen molar-refractivity contribution >= 4 is 50.7 Å². The lowest BCUT2D eigenvalue weighted by Crippen LogP contribution is -2.20. The van der Waals surface area contributed by atoms with Crippen LogP contribution in [-0.4, -0.2) is 18.4 Å². The van der Waals surface area contributed by atoms with Crippen molar-refractivity contribution in [3.05, 3.63) is 51.5 Å². The number of carbonyl (C=O) groups excluding carboxylic acids is 2. The fraction of sp³-hybridized carbons (Fsp3) is 0.176. The van der Waals surface area contributed by atoms with E-state index >= 15 is 0 Å². The first-order valence-electron chi connectivity index (χ1n) is 7.11. The van der Waals surface area contributed by atoms with Crippen LogP contribution in [0.15, 0.2) is 40.9 Å². The fourth-order valence-corrected chi connectivity index (χ4v) is 2.68. The standard InChI is InChI=1S/C17H16BrClN2O3/c1-10-3-5-13(8-15(10)20-11(2)22)21-17(23)9-24-16-6-4-12(18)7-14(16)19/h3-8H,9H2,1-2H3,(H,20,22)(H,21,23). The molecule has 2 N–H and O–H groups in total. The number of anilines is 2. The van der Waals surface area contributed by atoms with Gasteiger partial charge in [-0.25, -0.2) is 0 Å². The summed E-state index contributed by atoms with van der Waals surface area (Å²) in [6, 6.07) is 10.4. The monoisotopic (exact) mass is 410 g/mol. The van der Waals surface area contributed by atoms with Gasteiger partial charge >= 0.3 is 0 Å². The Morgan fingerprint density at radius 2 is 1.92 bits per heavy atom. The average molecular weight is 412 g/mol. The second kappa shape index (κ2) is 8.17. The highest BCUT2D eigenvalue weighted by atomic mass is 79.9. The summed E-state index contributed by atoms with van der Waals surface area (Å²) in [7, 11) is 0. The van der Waals surface area contributed by atoms with E-state index in [2.05, 4.69) is 26.6 Å². The minimum atomic E-state index is -0.327. The number of carbonyl (C=O) groups is 2. The van der Waals surface area contributed by atoms with Crippen molar-refractivity contribution in [3.63, 3.8) is 0 Å². The molecule has 0 bridgehead atoms. The van der Waals surface area contributed by atoms with Gasteiger partial charge in [0, 0.05) is 22.8 Å². The Labute approximate surface area is 153 Å². The Morgan fingerprint density at radius 1 is 1.17 bits per heavy atom. The van der Waals surface area contributed by atoms with E-state index in [1.54, 1.807) is 30.3 Å². The highest BCUT2D eigenvalue weighted by Crippen LogP contribution is 2.27. The zero-order valence-electron chi connectivity index (χ0n) is 13.2. The molecule has 5 nitrogen and oxygen atoms in total. The van der Waals surface area contributed by atoms with Crippen LogP contribution in [0.4, 0.5) is 11.4 Å². The van der Waals surface area contributed by atoms with Gasteiger partial charge in [-0.2, -0.15) is 0 Å². The zero-order valence-corrected chi connectivity index (χ0v) is 15.5. The van der Waals surface area contributed by atoms with Crippen LogP contribution in [0.25, 0.3) is 0 Å². The number of ether oxygens (including phenoxy) is 1. The number of hydrogen-bond acceptors (Lipinski definition) is 3. The summed E-state index contributed by atoms with van der Waals surface area (Å²) >= 11 is 9.33. The molecular weight excluding hydrogens is 396 g/mol. The Morgan fingerprint density at radius 3 is 2.58 bits per heavy atom. The molecule has 0 unspecified atom stereocenters. The van der Waals surface area contributed by atoms with E-state index in [4.69, 9.17) is 16.3 Å². The lowest BCUT2D eigenvalue weighted by atomic mass is 10.1. The van der Waals surface area contributed by atoms with Gasteiger partial charge in [0.25, 0.3) is 5.91 Å². The Kier molecular flexibility index (Phi) is 6.23. The van der Waals surface area contributed by atoms with Crippen LogP contribution in [0.5, 0.6) is 5.75 Å². The number of benzene rings is 2. The van der Waals surface area contributed by atoms with Crippen molar-refractivity contribution in [2.24, 2.45) is 0 Å². The van der Waals surface area contributed by atoms with Crippen molar-refractivity contribution in [2.75, 3.05) is 17.2 Å². The van der Waals surface area contributed by atoms with E-state index < -0.39 is 0 Å². The molecule has 2 amide bonds. The summed E-state index contributed by atoms with van der Waals surface area (Å²) in [5.74, 6) is -0.0701. The second-order valence-corrected chi connectivity index (χ2v) is 6.45. The van der Waals surface area contributed by atoms with E-state index in [0.717, 1.165) is 10.0 Å². The van der Waals surface area contributed by atoms with Gasteiger partial charge in [0.05, 0.1) is 5.02 Å². The molecule has 126 valence electrons. The third-order valence-electron chi connectivity index (χ3n) is 3.08. The average Bonchev–Trinajstić information content (AvgIpc) is 2.49. The Balaban J connectivity index is 1.98. The zero-order chi connectivity index (χ0) is 17.7. The molecule has 2 aromatic rings. The van der Waals surface area contributed by atoms with E-state index in [0.29, 0.717) is 22.1 Å². The van der Waals surface area contributed by atoms with Crippen LogP contribution >= 0.6 is 27.5 Å². The number of hydrogen-bond donors (Lipinski definition) is 2. The third kappa shape index (κ3) is 5.25. The lowest BCUT2D eigenvalue weighted by Gasteiger charge is -2.11. The fourth-order valence-electron chi connectivity index (χ4n) is 1.96. The van der Waals surface area contributed by atoms with Crippen LogP contribution in [0.2, 0.25) is 5.02 Å². The van der Waals surface area contributed by atoms with Crippen LogP contribution in [0.3, 0.4) is 0 Å². The molecule has 0 radical (unpaired) electrons. The SMILES string of the molecule is CC(=O)Nc1cc(NC(=O)COc2ccc(Br)cc2Cl)ccc1C. The maximum absolute atomic E-state index is 12.0. The predicted octanol–water partition coefficient (Wildman–Crippen LogP) is 4.39. The van der Waals surface area contributed by atoms with Gasteiger partial charge in [0.1, 0.15) is 5.75 Å². The first-order valence-corrected chi connectivity index (χ1v) is 8.28. The number of aryl methyl sites for hydroxylation is 1. The lowest BCUT2D eigenvalue weighted by molar-refractivity contribution is -0.118. The van der Waals surface area contributed by atoms with E-state index in [1.807, 2.05) is 13.0 Å². The van der Waals surface area contributed by atoms with E-state index in [9.17, 15) is 9.59 Å². The van der Waals surface area contributed by atoms with Crippen LogP contribution in [-0.2, 0) is 9.59 Å². The summed E-state index contributed by atoms with van der Waals surface area (Å²) in [4.78, 5) is 23.2. The molecular formula is C17H16BrClN2O3. The van der Waals surface area contributed by atoms with Crippen LogP contribution in [0, 0.1) is 6.92 Å². The maximum Gasteiger partial charge on any atom is 0.262 e. The van der Waals surface area contributed by atoms with E-state index in [-0.39, 0.29) is 18.4 Å². The Hall–Kier alpha value is -2.05.